The highest BCUT2D eigenvalue weighted by molar-refractivity contribution is 5.92. The fourth-order valence-electron chi connectivity index (χ4n) is 1.76. The van der Waals surface area contributed by atoms with Gasteiger partial charge in [-0.15, -0.1) is 5.10 Å². The lowest BCUT2D eigenvalue weighted by Crippen LogP contribution is -2.40. The van der Waals surface area contributed by atoms with E-state index >= 15 is 0 Å². The van der Waals surface area contributed by atoms with Crippen molar-refractivity contribution in [1.29, 1.82) is 0 Å². The zero-order valence-electron chi connectivity index (χ0n) is 15.6. The van der Waals surface area contributed by atoms with E-state index in [0.29, 0.717) is 58.5 Å². The minimum Gasteiger partial charge on any atom is -0.382 e. The smallest absolute Gasteiger partial charge is 0.273 e. The molecule has 1 amide bonds. The topological polar surface area (TPSA) is 96.7 Å². The van der Waals surface area contributed by atoms with E-state index in [1.807, 2.05) is 20.8 Å². The molecule has 144 valence electrons. The zero-order chi connectivity index (χ0) is 18.5. The lowest BCUT2D eigenvalue weighted by molar-refractivity contribution is 0.00244. The first-order chi connectivity index (χ1) is 11.9. The number of aromatic nitrogens is 3. The Labute approximate surface area is 149 Å². The third-order valence-electron chi connectivity index (χ3n) is 2.90. The first-order valence-electron chi connectivity index (χ1n) is 8.37. The summed E-state index contributed by atoms with van der Waals surface area (Å²) >= 11 is 0. The van der Waals surface area contributed by atoms with Crippen molar-refractivity contribution in [3.8, 4) is 0 Å². The van der Waals surface area contributed by atoms with Crippen molar-refractivity contribution < 1.29 is 23.7 Å². The molecule has 0 bridgehead atoms. The molecule has 1 aromatic heterocycles. The molecule has 9 nitrogen and oxygen atoms in total. The van der Waals surface area contributed by atoms with E-state index in [2.05, 4.69) is 15.6 Å². The molecule has 1 N–H and O–H groups in total. The van der Waals surface area contributed by atoms with Gasteiger partial charge in [0.15, 0.2) is 5.69 Å². The largest absolute Gasteiger partial charge is 0.382 e. The highest BCUT2D eigenvalue weighted by atomic mass is 16.6. The Kier molecular flexibility index (Phi) is 10.2. The van der Waals surface area contributed by atoms with Gasteiger partial charge in [0.05, 0.1) is 59.0 Å². The first-order valence-corrected chi connectivity index (χ1v) is 8.37. The number of amides is 1. The quantitative estimate of drug-likeness (QED) is 0.513. The van der Waals surface area contributed by atoms with E-state index in [0.717, 1.165) is 0 Å². The summed E-state index contributed by atoms with van der Waals surface area (Å²) in [6.07, 6.45) is 1.61. The number of carbonyl (C=O) groups excluding carboxylic acids is 1. The van der Waals surface area contributed by atoms with Crippen LogP contribution in [-0.4, -0.2) is 79.8 Å². The summed E-state index contributed by atoms with van der Waals surface area (Å²) < 4.78 is 22.5. The van der Waals surface area contributed by atoms with Crippen LogP contribution in [0.1, 0.15) is 31.3 Å². The van der Waals surface area contributed by atoms with Crippen molar-refractivity contribution >= 4 is 5.91 Å². The van der Waals surface area contributed by atoms with Crippen LogP contribution < -0.4 is 5.32 Å². The summed E-state index contributed by atoms with van der Waals surface area (Å²) in [4.78, 5) is 11.9. The molecule has 0 aliphatic carbocycles. The van der Waals surface area contributed by atoms with Crippen molar-refractivity contribution in [2.45, 2.75) is 32.9 Å². The lowest BCUT2D eigenvalue weighted by atomic mass is 10.1. The van der Waals surface area contributed by atoms with Crippen LogP contribution in [0.25, 0.3) is 0 Å². The van der Waals surface area contributed by atoms with Gasteiger partial charge in [-0.3, -0.25) is 4.79 Å². The van der Waals surface area contributed by atoms with E-state index in [4.69, 9.17) is 18.9 Å². The Bertz CT molecular complexity index is 487. The van der Waals surface area contributed by atoms with Crippen LogP contribution in [0.5, 0.6) is 0 Å². The fraction of sp³-hybridized carbons (Fsp3) is 0.812. The van der Waals surface area contributed by atoms with Gasteiger partial charge < -0.3 is 24.3 Å². The van der Waals surface area contributed by atoms with Crippen LogP contribution in [0.3, 0.4) is 0 Å². The summed E-state index contributed by atoms with van der Waals surface area (Å²) in [5, 5.41) is 10.6. The van der Waals surface area contributed by atoms with Gasteiger partial charge in [-0.2, -0.15) is 0 Å². The Balaban J connectivity index is 2.05. The molecule has 0 saturated heterocycles. The zero-order valence-corrected chi connectivity index (χ0v) is 15.6. The number of hydrogen-bond donors (Lipinski definition) is 1. The Hall–Kier alpha value is -1.55. The number of ether oxygens (including phenoxy) is 4. The predicted octanol–water partition coefficient (Wildman–Crippen LogP) is 0.503. The van der Waals surface area contributed by atoms with E-state index in [1.165, 1.54) is 0 Å². The molecule has 0 aromatic carbocycles. The van der Waals surface area contributed by atoms with Crippen LogP contribution in [-0.2, 0) is 25.5 Å². The molecule has 0 aliphatic heterocycles. The normalized spacial score (nSPS) is 11.7. The fourth-order valence-corrected chi connectivity index (χ4v) is 1.76. The van der Waals surface area contributed by atoms with Gasteiger partial charge in [0.25, 0.3) is 5.91 Å². The molecule has 1 heterocycles. The van der Waals surface area contributed by atoms with Gasteiger partial charge in [-0.25, -0.2) is 4.68 Å². The average Bonchev–Trinajstić information content (AvgIpc) is 3.00. The lowest BCUT2D eigenvalue weighted by Gasteiger charge is -2.19. The first kappa shape index (κ1) is 21.5. The van der Waals surface area contributed by atoms with Gasteiger partial charge in [0.2, 0.25) is 0 Å². The van der Waals surface area contributed by atoms with Crippen LogP contribution in [0, 0.1) is 0 Å². The standard InChI is InChI=1S/C16H30N4O5/c1-16(2,3)17-15(21)14-13-20(19-18-14)5-6-23-9-10-25-12-11-24-8-7-22-4/h13H,5-12H2,1-4H3,(H,17,21). The van der Waals surface area contributed by atoms with Crippen LogP contribution in [0.15, 0.2) is 6.20 Å². The number of methoxy groups -OCH3 is 1. The maximum Gasteiger partial charge on any atom is 0.273 e. The second-order valence-electron chi connectivity index (χ2n) is 6.40. The summed E-state index contributed by atoms with van der Waals surface area (Å²) in [6.45, 7) is 9.96. The number of hydrogen-bond acceptors (Lipinski definition) is 7. The molecule has 0 saturated carbocycles. The van der Waals surface area contributed by atoms with Gasteiger partial charge in [0.1, 0.15) is 0 Å². The van der Waals surface area contributed by atoms with E-state index in [1.54, 1.807) is 18.0 Å². The third-order valence-corrected chi connectivity index (χ3v) is 2.90. The molecule has 9 heteroatoms. The number of nitrogens with zero attached hydrogens (tertiary/aromatic N) is 3. The Morgan fingerprint density at radius 3 is 2.16 bits per heavy atom. The molecule has 0 radical (unpaired) electrons. The molecule has 0 spiro atoms. The monoisotopic (exact) mass is 358 g/mol. The summed E-state index contributed by atoms with van der Waals surface area (Å²) in [5.41, 5.74) is -0.00885. The molecule has 1 aromatic rings. The predicted molar refractivity (Wildman–Crippen MR) is 91.6 cm³/mol. The number of rotatable bonds is 13. The second kappa shape index (κ2) is 11.9. The van der Waals surface area contributed by atoms with Gasteiger partial charge >= 0.3 is 0 Å². The molecule has 1 rings (SSSR count). The van der Waals surface area contributed by atoms with Crippen molar-refractivity contribution in [3.63, 3.8) is 0 Å². The summed E-state index contributed by atoms with van der Waals surface area (Å²) in [6, 6.07) is 0. The van der Waals surface area contributed by atoms with E-state index in [9.17, 15) is 4.79 Å². The van der Waals surface area contributed by atoms with Gasteiger partial charge in [0, 0.05) is 12.6 Å². The maximum atomic E-state index is 11.9. The van der Waals surface area contributed by atoms with Crippen molar-refractivity contribution in [1.82, 2.24) is 20.3 Å². The number of carbonyl (C=O) groups is 1. The van der Waals surface area contributed by atoms with Crippen LogP contribution >= 0.6 is 0 Å². The Morgan fingerprint density at radius 1 is 1.04 bits per heavy atom. The highest BCUT2D eigenvalue weighted by Crippen LogP contribution is 2.02. The van der Waals surface area contributed by atoms with Crippen molar-refractivity contribution in [2.75, 3.05) is 53.4 Å². The summed E-state index contributed by atoms with van der Waals surface area (Å²) in [7, 11) is 1.64. The Morgan fingerprint density at radius 2 is 1.60 bits per heavy atom. The van der Waals surface area contributed by atoms with E-state index in [-0.39, 0.29) is 11.4 Å². The highest BCUT2D eigenvalue weighted by Gasteiger charge is 2.17. The van der Waals surface area contributed by atoms with Gasteiger partial charge in [-0.1, -0.05) is 5.21 Å². The van der Waals surface area contributed by atoms with E-state index < -0.39 is 0 Å². The second-order valence-corrected chi connectivity index (χ2v) is 6.40. The third kappa shape index (κ3) is 10.8. The molecule has 0 aliphatic rings. The summed E-state index contributed by atoms with van der Waals surface area (Å²) in [5.74, 6) is -0.235. The van der Waals surface area contributed by atoms with Crippen molar-refractivity contribution in [2.24, 2.45) is 0 Å². The molecule has 25 heavy (non-hydrogen) atoms. The number of nitrogens with one attached hydrogen (secondary N) is 1. The van der Waals surface area contributed by atoms with Crippen molar-refractivity contribution in [3.05, 3.63) is 11.9 Å². The molecule has 0 unspecified atom stereocenters. The molecule has 0 fully saturated rings. The molecule has 0 atom stereocenters. The average molecular weight is 358 g/mol. The van der Waals surface area contributed by atoms with Gasteiger partial charge in [-0.05, 0) is 20.8 Å². The minimum absolute atomic E-state index is 0.235. The molecular weight excluding hydrogens is 328 g/mol. The van der Waals surface area contributed by atoms with Crippen LogP contribution in [0.4, 0.5) is 0 Å². The minimum atomic E-state index is -0.307. The maximum absolute atomic E-state index is 11.9. The SMILES string of the molecule is COCCOCCOCCOCCn1cc(C(=O)NC(C)(C)C)nn1. The molecular formula is C16H30N4O5. The van der Waals surface area contributed by atoms with Crippen LogP contribution in [0.2, 0.25) is 0 Å².